The molecule has 0 atom stereocenters. The van der Waals surface area contributed by atoms with Crippen molar-refractivity contribution in [2.24, 2.45) is 0 Å². The third kappa shape index (κ3) is 3.78. The molecule has 1 saturated heterocycles. The summed E-state index contributed by atoms with van der Waals surface area (Å²) in [5, 5.41) is 1.05. The first-order valence-electron chi connectivity index (χ1n) is 10.1. The van der Waals surface area contributed by atoms with Crippen LogP contribution in [0, 0.1) is 0 Å². The number of hydrogen-bond donors (Lipinski definition) is 0. The number of furan rings is 1. The first-order valence-corrected chi connectivity index (χ1v) is 10.1. The Hall–Kier alpha value is -2.70. The van der Waals surface area contributed by atoms with Crippen molar-refractivity contribution in [3.05, 3.63) is 42.0 Å². The third-order valence-corrected chi connectivity index (χ3v) is 5.56. The number of rotatable bonds is 6. The molecule has 0 unspecified atom stereocenters. The van der Waals surface area contributed by atoms with Crippen LogP contribution in [0.15, 0.2) is 40.8 Å². The van der Waals surface area contributed by atoms with Crippen molar-refractivity contribution >= 4 is 11.0 Å². The van der Waals surface area contributed by atoms with Crippen LogP contribution in [0.5, 0.6) is 17.2 Å². The lowest BCUT2D eigenvalue weighted by molar-refractivity contribution is 0.0375. The first kappa shape index (κ1) is 18.3. The Morgan fingerprint density at radius 3 is 2.72 bits per heavy atom. The van der Waals surface area contributed by atoms with Gasteiger partial charge in [-0.05, 0) is 61.3 Å². The quantitative estimate of drug-likeness (QED) is 0.626. The van der Waals surface area contributed by atoms with E-state index >= 15 is 0 Å². The van der Waals surface area contributed by atoms with Crippen molar-refractivity contribution in [2.45, 2.75) is 12.8 Å². The van der Waals surface area contributed by atoms with Gasteiger partial charge in [0.15, 0.2) is 22.8 Å². The molecule has 29 heavy (non-hydrogen) atoms. The van der Waals surface area contributed by atoms with Gasteiger partial charge >= 0.3 is 0 Å². The third-order valence-electron chi connectivity index (χ3n) is 5.56. The fourth-order valence-electron chi connectivity index (χ4n) is 4.00. The molecule has 152 valence electrons. The minimum atomic E-state index is 0.264. The van der Waals surface area contributed by atoms with Crippen LogP contribution in [0.25, 0.3) is 22.3 Å². The van der Waals surface area contributed by atoms with E-state index < -0.39 is 0 Å². The van der Waals surface area contributed by atoms with Crippen molar-refractivity contribution < 1.29 is 23.4 Å². The van der Waals surface area contributed by atoms with Gasteiger partial charge in [0.25, 0.3) is 0 Å². The zero-order valence-electron chi connectivity index (χ0n) is 16.6. The van der Waals surface area contributed by atoms with E-state index in [2.05, 4.69) is 23.1 Å². The summed E-state index contributed by atoms with van der Waals surface area (Å²) in [4.78, 5) is 2.47. The van der Waals surface area contributed by atoms with Crippen LogP contribution in [-0.4, -0.2) is 51.7 Å². The van der Waals surface area contributed by atoms with Gasteiger partial charge in [-0.2, -0.15) is 0 Å². The Bertz CT molecular complexity index is 1010. The van der Waals surface area contributed by atoms with E-state index in [0.29, 0.717) is 0 Å². The van der Waals surface area contributed by atoms with Gasteiger partial charge < -0.3 is 23.4 Å². The van der Waals surface area contributed by atoms with Crippen molar-refractivity contribution in [1.82, 2.24) is 4.90 Å². The molecule has 1 fully saturated rings. The summed E-state index contributed by atoms with van der Waals surface area (Å²) in [5.41, 5.74) is 3.00. The van der Waals surface area contributed by atoms with Crippen molar-refractivity contribution in [2.75, 3.05) is 46.8 Å². The van der Waals surface area contributed by atoms with Gasteiger partial charge in [0.05, 0.1) is 20.3 Å². The Morgan fingerprint density at radius 1 is 1.00 bits per heavy atom. The minimum absolute atomic E-state index is 0.264. The van der Waals surface area contributed by atoms with E-state index in [-0.39, 0.29) is 6.79 Å². The van der Waals surface area contributed by atoms with Crippen LogP contribution in [-0.2, 0) is 11.2 Å². The van der Waals surface area contributed by atoms with Crippen LogP contribution in [0.3, 0.4) is 0 Å². The fraction of sp³-hybridized carbons (Fsp3) is 0.391. The van der Waals surface area contributed by atoms with E-state index in [9.17, 15) is 0 Å². The molecule has 1 aromatic heterocycles. The molecule has 2 aliphatic rings. The van der Waals surface area contributed by atoms with E-state index in [1.54, 1.807) is 7.11 Å². The highest BCUT2D eigenvalue weighted by Gasteiger charge is 2.17. The van der Waals surface area contributed by atoms with E-state index in [1.165, 1.54) is 5.56 Å². The van der Waals surface area contributed by atoms with E-state index in [1.807, 2.05) is 18.2 Å². The van der Waals surface area contributed by atoms with Crippen LogP contribution in [0.2, 0.25) is 0 Å². The summed E-state index contributed by atoms with van der Waals surface area (Å²) in [6.07, 6.45) is 2.12. The molecule has 0 spiro atoms. The standard InChI is InChI=1S/C23H25NO5/c1-25-22-12-16(3-2-6-24-7-9-26-10-8-24)11-18-14-20(29-23(18)22)17-4-5-19-21(13-17)28-15-27-19/h4-5,11-14H,2-3,6-10,15H2,1H3. The summed E-state index contributed by atoms with van der Waals surface area (Å²) < 4.78 is 28.1. The number of morpholine rings is 1. The summed E-state index contributed by atoms with van der Waals surface area (Å²) in [6.45, 7) is 5.11. The number of methoxy groups -OCH3 is 1. The topological polar surface area (TPSA) is 53.3 Å². The summed E-state index contributed by atoms with van der Waals surface area (Å²) in [7, 11) is 1.69. The van der Waals surface area contributed by atoms with Crippen LogP contribution < -0.4 is 14.2 Å². The molecule has 3 aromatic rings. The SMILES string of the molecule is COc1cc(CCCN2CCOCC2)cc2cc(-c3ccc4c(c3)OCO4)oc12. The lowest BCUT2D eigenvalue weighted by atomic mass is 10.1. The molecule has 2 aliphatic heterocycles. The molecule has 0 bridgehead atoms. The molecule has 5 rings (SSSR count). The Labute approximate surface area is 169 Å². The predicted molar refractivity (Wildman–Crippen MR) is 110 cm³/mol. The predicted octanol–water partition coefficient (Wildman–Crippen LogP) is 4.10. The number of nitrogens with zero attached hydrogens (tertiary/aromatic N) is 1. The molecule has 6 nitrogen and oxygen atoms in total. The molecule has 2 aromatic carbocycles. The number of aryl methyl sites for hydroxylation is 1. The highest BCUT2D eigenvalue weighted by Crippen LogP contribution is 2.39. The second kappa shape index (κ2) is 7.97. The molecule has 0 N–H and O–H groups in total. The van der Waals surface area contributed by atoms with Gasteiger partial charge in [0, 0.05) is 24.0 Å². The van der Waals surface area contributed by atoms with Gasteiger partial charge in [-0.15, -0.1) is 0 Å². The summed E-state index contributed by atoms with van der Waals surface area (Å²) in [6, 6.07) is 12.2. The molecule has 0 aliphatic carbocycles. The van der Waals surface area contributed by atoms with Gasteiger partial charge in [-0.3, -0.25) is 4.90 Å². The highest BCUT2D eigenvalue weighted by atomic mass is 16.7. The Morgan fingerprint density at radius 2 is 1.86 bits per heavy atom. The van der Waals surface area contributed by atoms with Crippen molar-refractivity contribution in [3.63, 3.8) is 0 Å². The maximum Gasteiger partial charge on any atom is 0.231 e. The van der Waals surface area contributed by atoms with Crippen molar-refractivity contribution in [3.8, 4) is 28.6 Å². The Balaban J connectivity index is 1.37. The molecule has 0 saturated carbocycles. The molecule has 0 amide bonds. The minimum Gasteiger partial charge on any atom is -0.493 e. The number of ether oxygens (including phenoxy) is 4. The molecule has 3 heterocycles. The summed E-state index contributed by atoms with van der Waals surface area (Å²) >= 11 is 0. The van der Waals surface area contributed by atoms with E-state index in [0.717, 1.165) is 85.2 Å². The number of benzene rings is 2. The van der Waals surface area contributed by atoms with Gasteiger partial charge in [0.1, 0.15) is 5.76 Å². The number of fused-ring (bicyclic) bond motifs is 2. The molecular weight excluding hydrogens is 370 g/mol. The van der Waals surface area contributed by atoms with Crippen LogP contribution in [0.4, 0.5) is 0 Å². The Kier molecular flexibility index (Phi) is 5.04. The molecule has 6 heteroatoms. The molecule has 0 radical (unpaired) electrons. The van der Waals surface area contributed by atoms with Crippen LogP contribution in [0.1, 0.15) is 12.0 Å². The monoisotopic (exact) mass is 395 g/mol. The average Bonchev–Trinajstić information content (AvgIpc) is 3.40. The van der Waals surface area contributed by atoms with Gasteiger partial charge in [0.2, 0.25) is 6.79 Å². The maximum absolute atomic E-state index is 6.15. The zero-order valence-corrected chi connectivity index (χ0v) is 16.6. The highest BCUT2D eigenvalue weighted by molar-refractivity contribution is 5.88. The normalized spacial score (nSPS) is 16.4. The fourth-order valence-corrected chi connectivity index (χ4v) is 4.00. The first-order chi connectivity index (χ1) is 14.3. The largest absolute Gasteiger partial charge is 0.493 e. The van der Waals surface area contributed by atoms with Crippen molar-refractivity contribution in [1.29, 1.82) is 0 Å². The van der Waals surface area contributed by atoms with E-state index in [4.69, 9.17) is 23.4 Å². The number of hydrogen-bond acceptors (Lipinski definition) is 6. The second-order valence-electron chi connectivity index (χ2n) is 7.45. The summed E-state index contributed by atoms with van der Waals surface area (Å²) in [5.74, 6) is 3.08. The zero-order chi connectivity index (χ0) is 19.6. The smallest absolute Gasteiger partial charge is 0.231 e. The maximum atomic E-state index is 6.15. The van der Waals surface area contributed by atoms with Gasteiger partial charge in [-0.25, -0.2) is 0 Å². The van der Waals surface area contributed by atoms with Crippen LogP contribution >= 0.6 is 0 Å². The molecular formula is C23H25NO5. The average molecular weight is 395 g/mol. The second-order valence-corrected chi connectivity index (χ2v) is 7.45. The lowest BCUT2D eigenvalue weighted by Gasteiger charge is -2.26. The lowest BCUT2D eigenvalue weighted by Crippen LogP contribution is -2.36. The van der Waals surface area contributed by atoms with Gasteiger partial charge in [-0.1, -0.05) is 0 Å².